The van der Waals surface area contributed by atoms with Crippen molar-refractivity contribution in [2.24, 2.45) is 0 Å². The summed E-state index contributed by atoms with van der Waals surface area (Å²) in [4.78, 5) is 14.6. The molecule has 1 heterocycles. The van der Waals surface area contributed by atoms with E-state index >= 15 is 0 Å². The standard InChI is InChI=1S/C21H26N2O2/c1-3-16(2)25-19-12-10-18(11-13-19)22-21(24)15-23-14-6-8-17-7-4-5-9-20(17)23/h4-5,7,9-13,16H,3,6,8,14-15H2,1-2H3,(H,22,24). The molecule has 0 saturated heterocycles. The molecule has 0 fully saturated rings. The second kappa shape index (κ2) is 8.06. The van der Waals surface area contributed by atoms with Gasteiger partial charge in [-0.05, 0) is 62.1 Å². The number of ether oxygens (including phenoxy) is 1. The molecule has 25 heavy (non-hydrogen) atoms. The number of carbonyl (C=O) groups excluding carboxylic acids is 1. The van der Waals surface area contributed by atoms with E-state index in [1.54, 1.807) is 0 Å². The third-order valence-corrected chi connectivity index (χ3v) is 4.59. The first-order chi connectivity index (χ1) is 12.2. The van der Waals surface area contributed by atoms with Gasteiger partial charge in [0, 0.05) is 17.9 Å². The molecule has 0 aliphatic carbocycles. The Labute approximate surface area is 149 Å². The average molecular weight is 338 g/mol. The molecule has 4 nitrogen and oxygen atoms in total. The third kappa shape index (κ3) is 4.53. The minimum atomic E-state index is 0.00676. The molecule has 1 amide bonds. The maximum Gasteiger partial charge on any atom is 0.243 e. The number of amides is 1. The first-order valence-electron chi connectivity index (χ1n) is 9.05. The molecular weight excluding hydrogens is 312 g/mol. The number of aryl methyl sites for hydroxylation is 1. The number of hydrogen-bond acceptors (Lipinski definition) is 3. The second-order valence-corrected chi connectivity index (χ2v) is 6.56. The normalized spacial score (nSPS) is 14.6. The first-order valence-corrected chi connectivity index (χ1v) is 9.05. The lowest BCUT2D eigenvalue weighted by atomic mass is 10.0. The highest BCUT2D eigenvalue weighted by Gasteiger charge is 2.18. The number of hydrogen-bond donors (Lipinski definition) is 1. The van der Waals surface area contributed by atoms with Crippen LogP contribution in [0.4, 0.5) is 11.4 Å². The lowest BCUT2D eigenvalue weighted by Crippen LogP contribution is -2.36. The predicted molar refractivity (Wildman–Crippen MR) is 102 cm³/mol. The number of fused-ring (bicyclic) bond motifs is 1. The van der Waals surface area contributed by atoms with E-state index < -0.39 is 0 Å². The summed E-state index contributed by atoms with van der Waals surface area (Å²) in [6, 6.07) is 15.9. The van der Waals surface area contributed by atoms with Crippen molar-refractivity contribution in [3.63, 3.8) is 0 Å². The van der Waals surface area contributed by atoms with Gasteiger partial charge in [-0.2, -0.15) is 0 Å². The van der Waals surface area contributed by atoms with Crippen molar-refractivity contribution >= 4 is 17.3 Å². The van der Waals surface area contributed by atoms with Gasteiger partial charge in [-0.15, -0.1) is 0 Å². The topological polar surface area (TPSA) is 41.6 Å². The SMILES string of the molecule is CCC(C)Oc1ccc(NC(=O)CN2CCCc3ccccc32)cc1. The van der Waals surface area contributed by atoms with Crippen LogP contribution in [0.15, 0.2) is 48.5 Å². The molecule has 0 spiro atoms. The van der Waals surface area contributed by atoms with Crippen LogP contribution >= 0.6 is 0 Å². The molecule has 0 aromatic heterocycles. The number of anilines is 2. The first kappa shape index (κ1) is 17.3. The molecule has 4 heteroatoms. The molecular formula is C21H26N2O2. The number of para-hydroxylation sites is 1. The minimum Gasteiger partial charge on any atom is -0.491 e. The van der Waals surface area contributed by atoms with Gasteiger partial charge in [-0.25, -0.2) is 0 Å². The van der Waals surface area contributed by atoms with Gasteiger partial charge in [0.15, 0.2) is 0 Å². The molecule has 2 aromatic rings. The van der Waals surface area contributed by atoms with E-state index in [4.69, 9.17) is 4.74 Å². The molecule has 0 radical (unpaired) electrons. The van der Waals surface area contributed by atoms with Gasteiger partial charge in [0.05, 0.1) is 12.6 Å². The van der Waals surface area contributed by atoms with Crippen LogP contribution in [0, 0.1) is 0 Å². The van der Waals surface area contributed by atoms with E-state index in [-0.39, 0.29) is 12.0 Å². The number of benzene rings is 2. The Morgan fingerprint density at radius 1 is 1.20 bits per heavy atom. The Bertz CT molecular complexity index is 712. The summed E-state index contributed by atoms with van der Waals surface area (Å²) in [5.41, 5.74) is 3.31. The van der Waals surface area contributed by atoms with Gasteiger partial charge in [0.1, 0.15) is 5.75 Å². The van der Waals surface area contributed by atoms with Crippen molar-refractivity contribution in [3.05, 3.63) is 54.1 Å². The van der Waals surface area contributed by atoms with Crippen molar-refractivity contribution in [2.75, 3.05) is 23.3 Å². The average Bonchev–Trinajstić information content (AvgIpc) is 2.63. The van der Waals surface area contributed by atoms with Crippen LogP contribution in [0.2, 0.25) is 0 Å². The van der Waals surface area contributed by atoms with Crippen molar-refractivity contribution in [2.45, 2.75) is 39.2 Å². The molecule has 1 atom stereocenters. The molecule has 132 valence electrons. The third-order valence-electron chi connectivity index (χ3n) is 4.59. The zero-order chi connectivity index (χ0) is 17.6. The summed E-state index contributed by atoms with van der Waals surface area (Å²) >= 11 is 0. The monoisotopic (exact) mass is 338 g/mol. The van der Waals surface area contributed by atoms with Gasteiger partial charge in [0.25, 0.3) is 0 Å². The van der Waals surface area contributed by atoms with E-state index in [2.05, 4.69) is 35.3 Å². The van der Waals surface area contributed by atoms with Gasteiger partial charge < -0.3 is 15.0 Å². The van der Waals surface area contributed by atoms with Crippen molar-refractivity contribution in [3.8, 4) is 5.75 Å². The summed E-state index contributed by atoms with van der Waals surface area (Å²) in [5.74, 6) is 0.838. The highest BCUT2D eigenvalue weighted by molar-refractivity contribution is 5.94. The fraction of sp³-hybridized carbons (Fsp3) is 0.381. The lowest BCUT2D eigenvalue weighted by Gasteiger charge is -2.30. The van der Waals surface area contributed by atoms with E-state index in [0.29, 0.717) is 6.54 Å². The molecule has 1 aliphatic rings. The molecule has 1 aliphatic heterocycles. The largest absolute Gasteiger partial charge is 0.491 e. The smallest absolute Gasteiger partial charge is 0.243 e. The summed E-state index contributed by atoms with van der Waals surface area (Å²) in [6.45, 7) is 5.44. The zero-order valence-corrected chi connectivity index (χ0v) is 15.0. The fourth-order valence-corrected chi connectivity index (χ4v) is 3.08. The predicted octanol–water partition coefficient (Wildman–Crippen LogP) is 4.26. The molecule has 0 bridgehead atoms. The number of carbonyl (C=O) groups is 1. The summed E-state index contributed by atoms with van der Waals surface area (Å²) in [7, 11) is 0. The molecule has 1 N–H and O–H groups in total. The van der Waals surface area contributed by atoms with Gasteiger partial charge >= 0.3 is 0 Å². The van der Waals surface area contributed by atoms with Crippen LogP contribution in [0.5, 0.6) is 5.75 Å². The summed E-state index contributed by atoms with van der Waals surface area (Å²) < 4.78 is 5.76. The molecule has 1 unspecified atom stereocenters. The van der Waals surface area contributed by atoms with Gasteiger partial charge in [0.2, 0.25) is 5.91 Å². The Kier molecular flexibility index (Phi) is 5.59. The van der Waals surface area contributed by atoms with Crippen LogP contribution in [0.1, 0.15) is 32.3 Å². The van der Waals surface area contributed by atoms with Crippen molar-refractivity contribution in [1.82, 2.24) is 0 Å². The quantitative estimate of drug-likeness (QED) is 0.856. The second-order valence-electron chi connectivity index (χ2n) is 6.56. The van der Waals surface area contributed by atoms with E-state index in [1.165, 1.54) is 11.3 Å². The summed E-state index contributed by atoms with van der Waals surface area (Å²) in [6.07, 6.45) is 3.34. The molecule has 2 aromatic carbocycles. The van der Waals surface area contributed by atoms with E-state index in [0.717, 1.165) is 37.2 Å². The Morgan fingerprint density at radius 2 is 1.96 bits per heavy atom. The minimum absolute atomic E-state index is 0.00676. The zero-order valence-electron chi connectivity index (χ0n) is 15.0. The molecule has 0 saturated carbocycles. The van der Waals surface area contributed by atoms with Crippen molar-refractivity contribution < 1.29 is 9.53 Å². The van der Waals surface area contributed by atoms with Crippen LogP contribution in [0.3, 0.4) is 0 Å². The van der Waals surface area contributed by atoms with Crippen LogP contribution in [-0.4, -0.2) is 25.1 Å². The number of rotatable bonds is 6. The Balaban J connectivity index is 1.58. The number of nitrogens with one attached hydrogen (secondary N) is 1. The van der Waals surface area contributed by atoms with E-state index in [9.17, 15) is 4.79 Å². The van der Waals surface area contributed by atoms with E-state index in [1.807, 2.05) is 37.3 Å². The van der Waals surface area contributed by atoms with Crippen molar-refractivity contribution in [1.29, 1.82) is 0 Å². The number of nitrogens with zero attached hydrogens (tertiary/aromatic N) is 1. The fourth-order valence-electron chi connectivity index (χ4n) is 3.08. The van der Waals surface area contributed by atoms with Crippen LogP contribution in [-0.2, 0) is 11.2 Å². The molecule has 3 rings (SSSR count). The highest BCUT2D eigenvalue weighted by Crippen LogP contribution is 2.26. The van der Waals surface area contributed by atoms with Gasteiger partial charge in [-0.3, -0.25) is 4.79 Å². The Morgan fingerprint density at radius 3 is 2.72 bits per heavy atom. The Hall–Kier alpha value is -2.49. The lowest BCUT2D eigenvalue weighted by molar-refractivity contribution is -0.115. The van der Waals surface area contributed by atoms with Crippen LogP contribution in [0.25, 0.3) is 0 Å². The maximum absolute atomic E-state index is 12.4. The highest BCUT2D eigenvalue weighted by atomic mass is 16.5. The van der Waals surface area contributed by atoms with Gasteiger partial charge in [-0.1, -0.05) is 25.1 Å². The van der Waals surface area contributed by atoms with Crippen LogP contribution < -0.4 is 15.0 Å². The summed E-state index contributed by atoms with van der Waals surface area (Å²) in [5, 5.41) is 2.98. The maximum atomic E-state index is 12.4.